The van der Waals surface area contributed by atoms with Gasteiger partial charge in [0, 0.05) is 17.6 Å². The Morgan fingerprint density at radius 3 is 2.74 bits per heavy atom. The Kier molecular flexibility index (Phi) is 5.19. The lowest BCUT2D eigenvalue weighted by molar-refractivity contribution is -0.135. The Hall–Kier alpha value is -1.10. The van der Waals surface area contributed by atoms with Crippen molar-refractivity contribution in [3.05, 3.63) is 34.9 Å². The van der Waals surface area contributed by atoms with Crippen LogP contribution in [0.2, 0.25) is 5.02 Å². The molecule has 1 aliphatic heterocycles. The molecule has 5 heteroatoms. The van der Waals surface area contributed by atoms with Crippen LogP contribution in [-0.2, 0) is 16.0 Å². The second-order valence-corrected chi connectivity index (χ2v) is 5.26. The number of amides is 1. The van der Waals surface area contributed by atoms with Crippen LogP contribution in [0.4, 0.5) is 0 Å². The highest BCUT2D eigenvalue weighted by Gasteiger charge is 2.24. The van der Waals surface area contributed by atoms with E-state index in [1.165, 1.54) is 0 Å². The molecule has 19 heavy (non-hydrogen) atoms. The molecule has 1 saturated heterocycles. The quantitative estimate of drug-likeness (QED) is 0.880. The maximum Gasteiger partial charge on any atom is 0.249 e. The van der Waals surface area contributed by atoms with Crippen LogP contribution < -0.4 is 11.1 Å². The summed E-state index contributed by atoms with van der Waals surface area (Å²) in [6.07, 6.45) is 1.99. The van der Waals surface area contributed by atoms with Crippen molar-refractivity contribution < 1.29 is 9.53 Å². The average molecular weight is 283 g/mol. The molecule has 1 aliphatic rings. The van der Waals surface area contributed by atoms with Gasteiger partial charge in [-0.2, -0.15) is 0 Å². The Morgan fingerprint density at radius 1 is 1.37 bits per heavy atom. The number of carbonyl (C=O) groups excluding carboxylic acids is 1. The number of nitrogens with one attached hydrogen (secondary N) is 1. The SMILES string of the molecule is N[C@@H]1CC[C@H](C(=O)NCCc2ccc(Cl)cc2)OC1. The van der Waals surface area contributed by atoms with Crippen LogP contribution in [0.1, 0.15) is 18.4 Å². The molecule has 2 rings (SSSR count). The maximum absolute atomic E-state index is 11.9. The number of hydrogen-bond donors (Lipinski definition) is 2. The molecule has 2 atom stereocenters. The molecule has 1 fully saturated rings. The first kappa shape index (κ1) is 14.3. The summed E-state index contributed by atoms with van der Waals surface area (Å²) in [5.41, 5.74) is 6.87. The number of halogens is 1. The predicted octanol–water partition coefficient (Wildman–Crippen LogP) is 1.50. The maximum atomic E-state index is 11.9. The molecule has 1 heterocycles. The van der Waals surface area contributed by atoms with E-state index in [1.54, 1.807) is 0 Å². The first-order valence-electron chi connectivity index (χ1n) is 6.54. The van der Waals surface area contributed by atoms with E-state index in [-0.39, 0.29) is 18.1 Å². The van der Waals surface area contributed by atoms with Crippen LogP contribution in [0, 0.1) is 0 Å². The molecule has 0 bridgehead atoms. The molecule has 1 amide bonds. The van der Waals surface area contributed by atoms with Crippen molar-refractivity contribution in [3.63, 3.8) is 0 Å². The summed E-state index contributed by atoms with van der Waals surface area (Å²) in [6, 6.07) is 7.70. The number of rotatable bonds is 4. The Balaban J connectivity index is 1.70. The highest BCUT2D eigenvalue weighted by Crippen LogP contribution is 2.12. The summed E-state index contributed by atoms with van der Waals surface area (Å²) in [7, 11) is 0. The number of nitrogens with two attached hydrogens (primary N) is 1. The number of benzene rings is 1. The van der Waals surface area contributed by atoms with Gasteiger partial charge in [0.2, 0.25) is 5.91 Å². The van der Waals surface area contributed by atoms with Crippen LogP contribution in [0.3, 0.4) is 0 Å². The van der Waals surface area contributed by atoms with Crippen LogP contribution in [0.15, 0.2) is 24.3 Å². The van der Waals surface area contributed by atoms with E-state index in [4.69, 9.17) is 22.1 Å². The fraction of sp³-hybridized carbons (Fsp3) is 0.500. The van der Waals surface area contributed by atoms with Crippen molar-refractivity contribution in [1.29, 1.82) is 0 Å². The lowest BCUT2D eigenvalue weighted by Crippen LogP contribution is -2.44. The van der Waals surface area contributed by atoms with Crippen molar-refractivity contribution in [2.75, 3.05) is 13.2 Å². The van der Waals surface area contributed by atoms with Crippen molar-refractivity contribution in [2.24, 2.45) is 5.73 Å². The fourth-order valence-corrected chi connectivity index (χ4v) is 2.20. The third-order valence-electron chi connectivity index (χ3n) is 3.23. The van der Waals surface area contributed by atoms with Gasteiger partial charge in [0.05, 0.1) is 6.61 Å². The third kappa shape index (κ3) is 4.49. The van der Waals surface area contributed by atoms with Crippen molar-refractivity contribution in [2.45, 2.75) is 31.4 Å². The zero-order valence-corrected chi connectivity index (χ0v) is 11.5. The summed E-state index contributed by atoms with van der Waals surface area (Å²) in [5, 5.41) is 3.61. The smallest absolute Gasteiger partial charge is 0.249 e. The molecule has 0 saturated carbocycles. The van der Waals surface area contributed by atoms with Crippen LogP contribution >= 0.6 is 11.6 Å². The van der Waals surface area contributed by atoms with Crippen molar-refractivity contribution in [1.82, 2.24) is 5.32 Å². The van der Waals surface area contributed by atoms with E-state index >= 15 is 0 Å². The van der Waals surface area contributed by atoms with Gasteiger partial charge in [-0.15, -0.1) is 0 Å². The van der Waals surface area contributed by atoms with Gasteiger partial charge in [0.15, 0.2) is 0 Å². The molecule has 4 nitrogen and oxygen atoms in total. The third-order valence-corrected chi connectivity index (χ3v) is 3.48. The Morgan fingerprint density at radius 2 is 2.11 bits per heavy atom. The Labute approximate surface area is 118 Å². The van der Waals surface area contributed by atoms with Gasteiger partial charge in [-0.05, 0) is 37.0 Å². The molecule has 3 N–H and O–H groups in total. The number of carbonyl (C=O) groups is 1. The molecular formula is C14H19ClN2O2. The van der Waals surface area contributed by atoms with Crippen molar-refractivity contribution in [3.8, 4) is 0 Å². The van der Waals surface area contributed by atoms with E-state index in [9.17, 15) is 4.79 Å². The second kappa shape index (κ2) is 6.89. The van der Waals surface area contributed by atoms with Gasteiger partial charge in [-0.25, -0.2) is 0 Å². The standard InChI is InChI=1S/C14H19ClN2O2/c15-11-3-1-10(2-4-11)7-8-17-14(18)13-6-5-12(16)9-19-13/h1-4,12-13H,5-9,16H2,(H,17,18)/t12-,13-/m1/s1. The normalized spacial score (nSPS) is 23.1. The fourth-order valence-electron chi connectivity index (χ4n) is 2.07. The molecule has 0 unspecified atom stereocenters. The summed E-state index contributed by atoms with van der Waals surface area (Å²) < 4.78 is 5.42. The van der Waals surface area contributed by atoms with Gasteiger partial charge < -0.3 is 15.8 Å². The molecule has 1 aromatic rings. The molecule has 104 valence electrons. The number of ether oxygens (including phenoxy) is 1. The first-order chi connectivity index (χ1) is 9.15. The minimum absolute atomic E-state index is 0.0409. The monoisotopic (exact) mass is 282 g/mol. The topological polar surface area (TPSA) is 64.4 Å². The van der Waals surface area contributed by atoms with Crippen LogP contribution in [-0.4, -0.2) is 31.2 Å². The van der Waals surface area contributed by atoms with E-state index in [1.807, 2.05) is 24.3 Å². The van der Waals surface area contributed by atoms with Crippen LogP contribution in [0.25, 0.3) is 0 Å². The lowest BCUT2D eigenvalue weighted by atomic mass is 10.1. The largest absolute Gasteiger partial charge is 0.367 e. The predicted molar refractivity (Wildman–Crippen MR) is 75.1 cm³/mol. The van der Waals surface area contributed by atoms with Gasteiger partial charge >= 0.3 is 0 Å². The van der Waals surface area contributed by atoms with Crippen molar-refractivity contribution >= 4 is 17.5 Å². The zero-order valence-electron chi connectivity index (χ0n) is 10.8. The van der Waals surface area contributed by atoms with E-state index in [2.05, 4.69) is 5.32 Å². The highest BCUT2D eigenvalue weighted by atomic mass is 35.5. The highest BCUT2D eigenvalue weighted by molar-refractivity contribution is 6.30. The van der Waals surface area contributed by atoms with Gasteiger partial charge in [0.25, 0.3) is 0 Å². The number of hydrogen-bond acceptors (Lipinski definition) is 3. The molecule has 0 aromatic heterocycles. The molecule has 1 aromatic carbocycles. The minimum Gasteiger partial charge on any atom is -0.367 e. The molecule has 0 spiro atoms. The molecular weight excluding hydrogens is 264 g/mol. The van der Waals surface area contributed by atoms with Gasteiger partial charge in [0.1, 0.15) is 6.10 Å². The summed E-state index contributed by atoms with van der Waals surface area (Å²) in [4.78, 5) is 11.9. The second-order valence-electron chi connectivity index (χ2n) is 4.83. The van der Waals surface area contributed by atoms with E-state index < -0.39 is 0 Å². The first-order valence-corrected chi connectivity index (χ1v) is 6.92. The zero-order chi connectivity index (χ0) is 13.7. The summed E-state index contributed by atoms with van der Waals surface area (Å²) >= 11 is 5.81. The van der Waals surface area contributed by atoms with E-state index in [0.29, 0.717) is 19.6 Å². The lowest BCUT2D eigenvalue weighted by Gasteiger charge is -2.25. The van der Waals surface area contributed by atoms with Gasteiger partial charge in [-0.3, -0.25) is 4.79 Å². The van der Waals surface area contributed by atoms with E-state index in [0.717, 1.165) is 23.4 Å². The Bertz CT molecular complexity index is 414. The van der Waals surface area contributed by atoms with Gasteiger partial charge in [-0.1, -0.05) is 23.7 Å². The molecule has 0 radical (unpaired) electrons. The average Bonchev–Trinajstić information content (AvgIpc) is 2.41. The summed E-state index contributed by atoms with van der Waals surface area (Å²) in [5.74, 6) is -0.0409. The van der Waals surface area contributed by atoms with Crippen LogP contribution in [0.5, 0.6) is 0 Å². The molecule has 0 aliphatic carbocycles. The minimum atomic E-state index is -0.343. The summed E-state index contributed by atoms with van der Waals surface area (Å²) in [6.45, 7) is 1.07.